The molecule has 1 heterocycles. The number of aryl methyl sites for hydroxylation is 1. The fourth-order valence-electron chi connectivity index (χ4n) is 2.62. The minimum absolute atomic E-state index is 0.142. The molecule has 1 fully saturated rings. The number of hydrogen-bond donors (Lipinski definition) is 2. The van der Waals surface area contributed by atoms with E-state index in [0.717, 1.165) is 31.2 Å². The van der Waals surface area contributed by atoms with Crippen molar-refractivity contribution in [2.75, 3.05) is 0 Å². The Balaban J connectivity index is 2.08. The maximum absolute atomic E-state index is 12.2. The molecule has 1 aromatic heterocycles. The number of amides is 1. The number of carboxylic acid groups (broad SMARTS) is 1. The van der Waals surface area contributed by atoms with Gasteiger partial charge in [0.1, 0.15) is 0 Å². The standard InChI is InChI=1S/C14H19NO3S/c1-9-7-19-8-11(9)13(16)15-12-6-4-2-3-5-10(12)14(17)18/h7-8,10,12H,2-6H2,1H3,(H,15,16)(H,17,18)/t10-,12+/m1/s1. The molecule has 0 unspecified atom stereocenters. The minimum Gasteiger partial charge on any atom is -0.481 e. The van der Waals surface area contributed by atoms with Gasteiger partial charge in [-0.1, -0.05) is 19.3 Å². The van der Waals surface area contributed by atoms with E-state index in [0.29, 0.717) is 12.0 Å². The fourth-order valence-corrected chi connectivity index (χ4v) is 3.44. The third kappa shape index (κ3) is 3.35. The first-order chi connectivity index (χ1) is 9.09. The predicted molar refractivity (Wildman–Crippen MR) is 74.5 cm³/mol. The van der Waals surface area contributed by atoms with Crippen molar-refractivity contribution < 1.29 is 14.7 Å². The normalized spacial score (nSPS) is 23.6. The van der Waals surface area contributed by atoms with Crippen LogP contribution in [-0.4, -0.2) is 23.0 Å². The first-order valence-corrected chi connectivity index (χ1v) is 7.60. The first kappa shape index (κ1) is 14.1. The summed E-state index contributed by atoms with van der Waals surface area (Å²) in [5.74, 6) is -1.39. The molecular weight excluding hydrogens is 262 g/mol. The molecule has 2 N–H and O–H groups in total. The minimum atomic E-state index is -0.797. The van der Waals surface area contributed by atoms with Gasteiger partial charge in [0.15, 0.2) is 0 Å². The lowest BCUT2D eigenvalue weighted by atomic mass is 9.94. The van der Waals surface area contributed by atoms with E-state index in [-0.39, 0.29) is 11.9 Å². The van der Waals surface area contributed by atoms with E-state index >= 15 is 0 Å². The maximum Gasteiger partial charge on any atom is 0.308 e. The number of hydrogen-bond acceptors (Lipinski definition) is 3. The molecule has 0 saturated heterocycles. The molecule has 0 spiro atoms. The van der Waals surface area contributed by atoms with E-state index in [4.69, 9.17) is 0 Å². The number of carbonyl (C=O) groups excluding carboxylic acids is 1. The second-order valence-corrected chi connectivity index (χ2v) is 5.87. The Hall–Kier alpha value is -1.36. The number of aliphatic carboxylic acids is 1. The number of thiophene rings is 1. The number of carboxylic acids is 1. The molecule has 0 aromatic carbocycles. The molecule has 1 aliphatic rings. The van der Waals surface area contributed by atoms with Gasteiger partial charge in [-0.05, 0) is 30.7 Å². The highest BCUT2D eigenvalue weighted by Crippen LogP contribution is 2.24. The lowest BCUT2D eigenvalue weighted by molar-refractivity contribution is -0.142. The highest BCUT2D eigenvalue weighted by Gasteiger charge is 2.31. The van der Waals surface area contributed by atoms with Crippen LogP contribution >= 0.6 is 11.3 Å². The van der Waals surface area contributed by atoms with Crippen molar-refractivity contribution in [2.45, 2.75) is 45.1 Å². The van der Waals surface area contributed by atoms with E-state index in [1.807, 2.05) is 17.7 Å². The van der Waals surface area contributed by atoms with Crippen molar-refractivity contribution >= 4 is 23.2 Å². The zero-order valence-electron chi connectivity index (χ0n) is 11.0. The van der Waals surface area contributed by atoms with Crippen molar-refractivity contribution in [2.24, 2.45) is 5.92 Å². The summed E-state index contributed by atoms with van der Waals surface area (Å²) in [5.41, 5.74) is 1.61. The molecule has 4 nitrogen and oxygen atoms in total. The van der Waals surface area contributed by atoms with Gasteiger partial charge in [0.25, 0.3) is 5.91 Å². The van der Waals surface area contributed by atoms with Crippen molar-refractivity contribution in [3.05, 3.63) is 21.9 Å². The van der Waals surface area contributed by atoms with Gasteiger partial charge in [-0.15, -0.1) is 0 Å². The molecule has 19 heavy (non-hydrogen) atoms. The molecule has 1 aliphatic carbocycles. The zero-order valence-corrected chi connectivity index (χ0v) is 11.8. The summed E-state index contributed by atoms with van der Waals surface area (Å²) in [6.45, 7) is 1.90. The molecule has 2 atom stereocenters. The van der Waals surface area contributed by atoms with Gasteiger partial charge in [-0.25, -0.2) is 0 Å². The number of rotatable bonds is 3. The topological polar surface area (TPSA) is 66.4 Å². The Bertz CT molecular complexity index is 469. The maximum atomic E-state index is 12.2. The van der Waals surface area contributed by atoms with Crippen LogP contribution in [-0.2, 0) is 4.79 Å². The monoisotopic (exact) mass is 281 g/mol. The van der Waals surface area contributed by atoms with Gasteiger partial charge in [0.2, 0.25) is 0 Å². The van der Waals surface area contributed by atoms with Crippen LogP contribution in [0, 0.1) is 12.8 Å². The lowest BCUT2D eigenvalue weighted by Gasteiger charge is -2.22. The molecule has 0 bridgehead atoms. The molecule has 1 aromatic rings. The van der Waals surface area contributed by atoms with E-state index in [2.05, 4.69) is 5.32 Å². The Labute approximate surface area is 116 Å². The van der Waals surface area contributed by atoms with Crippen LogP contribution in [0.4, 0.5) is 0 Å². The van der Waals surface area contributed by atoms with E-state index < -0.39 is 11.9 Å². The summed E-state index contributed by atoms with van der Waals surface area (Å²) in [5, 5.41) is 15.9. The van der Waals surface area contributed by atoms with Gasteiger partial charge in [0.05, 0.1) is 11.5 Å². The van der Waals surface area contributed by atoms with Crippen LogP contribution in [0.1, 0.15) is 48.0 Å². The fraction of sp³-hybridized carbons (Fsp3) is 0.571. The number of carbonyl (C=O) groups is 2. The highest BCUT2D eigenvalue weighted by molar-refractivity contribution is 7.08. The summed E-state index contributed by atoms with van der Waals surface area (Å²) in [4.78, 5) is 23.5. The van der Waals surface area contributed by atoms with Crippen LogP contribution < -0.4 is 5.32 Å². The highest BCUT2D eigenvalue weighted by atomic mass is 32.1. The van der Waals surface area contributed by atoms with Gasteiger partial charge < -0.3 is 10.4 Å². The van der Waals surface area contributed by atoms with Crippen LogP contribution in [0.2, 0.25) is 0 Å². The van der Waals surface area contributed by atoms with Crippen LogP contribution in [0.25, 0.3) is 0 Å². The quantitative estimate of drug-likeness (QED) is 0.837. The van der Waals surface area contributed by atoms with Crippen molar-refractivity contribution in [1.82, 2.24) is 5.32 Å². The van der Waals surface area contributed by atoms with Gasteiger partial charge in [-0.2, -0.15) is 11.3 Å². The van der Waals surface area contributed by atoms with E-state index in [1.165, 1.54) is 11.3 Å². The molecule has 1 saturated carbocycles. The second kappa shape index (κ2) is 6.19. The largest absolute Gasteiger partial charge is 0.481 e. The second-order valence-electron chi connectivity index (χ2n) is 5.13. The van der Waals surface area contributed by atoms with Gasteiger partial charge >= 0.3 is 5.97 Å². The molecular formula is C14H19NO3S. The summed E-state index contributed by atoms with van der Waals surface area (Å²) in [7, 11) is 0. The van der Waals surface area contributed by atoms with E-state index in [1.54, 1.807) is 0 Å². The number of nitrogens with one attached hydrogen (secondary N) is 1. The van der Waals surface area contributed by atoms with Crippen molar-refractivity contribution in [3.8, 4) is 0 Å². The summed E-state index contributed by atoms with van der Waals surface area (Å²) < 4.78 is 0. The van der Waals surface area contributed by atoms with Crippen molar-refractivity contribution in [3.63, 3.8) is 0 Å². The van der Waals surface area contributed by atoms with Crippen LogP contribution in [0.15, 0.2) is 10.8 Å². The molecule has 1 amide bonds. The predicted octanol–water partition coefficient (Wildman–Crippen LogP) is 2.82. The Morgan fingerprint density at radius 1 is 1.26 bits per heavy atom. The molecule has 0 radical (unpaired) electrons. The zero-order chi connectivity index (χ0) is 13.8. The smallest absolute Gasteiger partial charge is 0.308 e. The average Bonchev–Trinajstić information content (AvgIpc) is 2.65. The van der Waals surface area contributed by atoms with Gasteiger partial charge in [-0.3, -0.25) is 9.59 Å². The summed E-state index contributed by atoms with van der Waals surface area (Å²) >= 11 is 1.49. The molecule has 2 rings (SSSR count). The van der Waals surface area contributed by atoms with E-state index in [9.17, 15) is 14.7 Å². The molecule has 0 aliphatic heterocycles. The summed E-state index contributed by atoms with van der Waals surface area (Å²) in [6.07, 6.45) is 4.38. The van der Waals surface area contributed by atoms with Gasteiger partial charge in [0, 0.05) is 11.4 Å². The summed E-state index contributed by atoms with van der Waals surface area (Å²) in [6, 6.07) is -0.244. The Kier molecular flexibility index (Phi) is 4.58. The molecule has 104 valence electrons. The third-order valence-electron chi connectivity index (χ3n) is 3.75. The average molecular weight is 281 g/mol. The SMILES string of the molecule is Cc1cscc1C(=O)N[C@H]1CCCCC[C@H]1C(=O)O. The van der Waals surface area contributed by atoms with Crippen LogP contribution in [0.3, 0.4) is 0 Å². The molecule has 5 heteroatoms. The Morgan fingerprint density at radius 3 is 2.63 bits per heavy atom. The Morgan fingerprint density at radius 2 is 2.00 bits per heavy atom. The van der Waals surface area contributed by atoms with Crippen LogP contribution in [0.5, 0.6) is 0 Å². The first-order valence-electron chi connectivity index (χ1n) is 6.66. The van der Waals surface area contributed by atoms with Crippen molar-refractivity contribution in [1.29, 1.82) is 0 Å². The third-order valence-corrected chi connectivity index (χ3v) is 4.61. The lowest BCUT2D eigenvalue weighted by Crippen LogP contribution is -2.42.